The van der Waals surface area contributed by atoms with E-state index in [9.17, 15) is 0 Å². The molecule has 0 saturated carbocycles. The van der Waals surface area contributed by atoms with Crippen LogP contribution in [0.4, 0.5) is 0 Å². The van der Waals surface area contributed by atoms with E-state index in [-0.39, 0.29) is 6.10 Å². The third-order valence-electron chi connectivity index (χ3n) is 5.19. The van der Waals surface area contributed by atoms with E-state index >= 15 is 0 Å². The maximum absolute atomic E-state index is 6.20. The number of rotatable bonds is 7. The van der Waals surface area contributed by atoms with Crippen molar-refractivity contribution >= 4 is 16.9 Å². The Morgan fingerprint density at radius 3 is 2.90 bits per heavy atom. The first-order chi connectivity index (χ1) is 14.7. The van der Waals surface area contributed by atoms with Crippen molar-refractivity contribution in [3.8, 4) is 5.75 Å². The van der Waals surface area contributed by atoms with Crippen molar-refractivity contribution < 1.29 is 9.47 Å². The third-order valence-corrected chi connectivity index (χ3v) is 5.19. The average Bonchev–Trinajstić information content (AvgIpc) is 3.40. The number of guanidine groups is 1. The van der Waals surface area contributed by atoms with Crippen molar-refractivity contribution in [1.29, 1.82) is 0 Å². The number of H-pyrrole nitrogens is 1. The van der Waals surface area contributed by atoms with Crippen molar-refractivity contribution in [3.05, 3.63) is 65.4 Å². The second-order valence-corrected chi connectivity index (χ2v) is 7.65. The number of aliphatic imine (C=N–C) groups is 1. The maximum Gasteiger partial charge on any atom is 0.191 e. The molecule has 6 nitrogen and oxygen atoms in total. The van der Waals surface area contributed by atoms with Gasteiger partial charge in [0.15, 0.2) is 5.96 Å². The summed E-state index contributed by atoms with van der Waals surface area (Å²) in [7, 11) is 0. The molecular weight excluding hydrogens is 376 g/mol. The molecule has 1 atom stereocenters. The van der Waals surface area contributed by atoms with E-state index in [4.69, 9.17) is 14.5 Å². The van der Waals surface area contributed by atoms with Gasteiger partial charge in [0.05, 0.1) is 26.3 Å². The normalized spacial score (nSPS) is 16.7. The summed E-state index contributed by atoms with van der Waals surface area (Å²) in [4.78, 5) is 8.23. The number of fused-ring (bicyclic) bond motifs is 1. The lowest BCUT2D eigenvalue weighted by molar-refractivity contribution is 0.140. The highest BCUT2D eigenvalue weighted by molar-refractivity contribution is 5.81. The highest BCUT2D eigenvalue weighted by atomic mass is 16.5. The second-order valence-electron chi connectivity index (χ2n) is 7.65. The zero-order chi connectivity index (χ0) is 20.8. The van der Waals surface area contributed by atoms with E-state index in [0.29, 0.717) is 19.7 Å². The standard InChI is InChI=1S/C24H30N4O2/c1-3-25-24(27-15-20-13-18-6-4-5-7-22(18)28-20)26-14-19-9-8-17(2)12-23(19)30-21-10-11-29-16-21/h4-9,12-13,21,28H,3,10-11,14-16H2,1-2H3,(H2,25,26,27). The summed E-state index contributed by atoms with van der Waals surface area (Å²) < 4.78 is 11.7. The molecule has 158 valence electrons. The van der Waals surface area contributed by atoms with E-state index in [1.54, 1.807) is 0 Å². The van der Waals surface area contributed by atoms with Crippen LogP contribution in [0, 0.1) is 6.92 Å². The van der Waals surface area contributed by atoms with Crippen LogP contribution in [0.15, 0.2) is 53.5 Å². The topological polar surface area (TPSA) is 70.7 Å². The quantitative estimate of drug-likeness (QED) is 0.411. The number of ether oxygens (including phenoxy) is 2. The third kappa shape index (κ3) is 5.13. The van der Waals surface area contributed by atoms with Gasteiger partial charge in [0, 0.05) is 29.7 Å². The molecule has 1 saturated heterocycles. The molecule has 1 aliphatic rings. The molecule has 6 heteroatoms. The molecular formula is C24H30N4O2. The van der Waals surface area contributed by atoms with Gasteiger partial charge in [-0.25, -0.2) is 4.99 Å². The first-order valence-electron chi connectivity index (χ1n) is 10.6. The molecule has 30 heavy (non-hydrogen) atoms. The molecule has 3 aromatic rings. The molecule has 0 amide bonds. The number of aryl methyl sites for hydroxylation is 1. The van der Waals surface area contributed by atoms with Crippen molar-refractivity contribution in [1.82, 2.24) is 15.6 Å². The lowest BCUT2D eigenvalue weighted by Crippen LogP contribution is -2.36. The number of para-hydroxylation sites is 1. The monoisotopic (exact) mass is 406 g/mol. The van der Waals surface area contributed by atoms with Crippen LogP contribution in [0.1, 0.15) is 30.2 Å². The van der Waals surface area contributed by atoms with Crippen molar-refractivity contribution in [2.75, 3.05) is 19.8 Å². The molecule has 1 aromatic heterocycles. The van der Waals surface area contributed by atoms with Gasteiger partial charge in [0.1, 0.15) is 11.9 Å². The van der Waals surface area contributed by atoms with E-state index in [2.05, 4.69) is 71.9 Å². The van der Waals surface area contributed by atoms with E-state index in [1.165, 1.54) is 10.9 Å². The molecule has 2 aromatic carbocycles. The molecule has 0 bridgehead atoms. The highest BCUT2D eigenvalue weighted by Gasteiger charge is 2.18. The molecule has 0 aliphatic carbocycles. The molecule has 0 spiro atoms. The van der Waals surface area contributed by atoms with Gasteiger partial charge in [-0.15, -0.1) is 0 Å². The number of aromatic amines is 1. The van der Waals surface area contributed by atoms with Crippen LogP contribution >= 0.6 is 0 Å². The summed E-state index contributed by atoms with van der Waals surface area (Å²) in [5.74, 6) is 1.69. The Bertz CT molecular complexity index is 972. The maximum atomic E-state index is 6.20. The number of hydrogen-bond donors (Lipinski definition) is 3. The van der Waals surface area contributed by atoms with Gasteiger partial charge in [-0.3, -0.25) is 0 Å². The summed E-state index contributed by atoms with van der Waals surface area (Å²) in [5.41, 5.74) is 4.53. The largest absolute Gasteiger partial charge is 0.488 e. The average molecular weight is 407 g/mol. The Morgan fingerprint density at radius 2 is 2.10 bits per heavy atom. The highest BCUT2D eigenvalue weighted by Crippen LogP contribution is 2.24. The molecule has 4 rings (SSSR count). The van der Waals surface area contributed by atoms with Gasteiger partial charge >= 0.3 is 0 Å². The smallest absolute Gasteiger partial charge is 0.191 e. The van der Waals surface area contributed by atoms with Crippen LogP contribution in [0.3, 0.4) is 0 Å². The Morgan fingerprint density at radius 1 is 1.20 bits per heavy atom. The van der Waals surface area contributed by atoms with Gasteiger partial charge in [0.25, 0.3) is 0 Å². The minimum atomic E-state index is 0.128. The van der Waals surface area contributed by atoms with Crippen LogP contribution in [0.5, 0.6) is 5.75 Å². The van der Waals surface area contributed by atoms with Crippen molar-refractivity contribution in [3.63, 3.8) is 0 Å². The van der Waals surface area contributed by atoms with Gasteiger partial charge in [-0.1, -0.05) is 30.3 Å². The molecule has 3 N–H and O–H groups in total. The van der Waals surface area contributed by atoms with Gasteiger partial charge in [-0.05, 0) is 43.0 Å². The summed E-state index contributed by atoms with van der Waals surface area (Å²) in [6.07, 6.45) is 1.06. The summed E-state index contributed by atoms with van der Waals surface area (Å²) in [5, 5.41) is 7.96. The summed E-state index contributed by atoms with van der Waals surface area (Å²) in [6, 6.07) is 16.8. The predicted octanol–water partition coefficient (Wildman–Crippen LogP) is 3.90. The Hall–Kier alpha value is -2.99. The summed E-state index contributed by atoms with van der Waals surface area (Å²) >= 11 is 0. The fourth-order valence-electron chi connectivity index (χ4n) is 3.60. The minimum absolute atomic E-state index is 0.128. The van der Waals surface area contributed by atoms with Crippen molar-refractivity contribution in [2.45, 2.75) is 39.5 Å². The number of aromatic nitrogens is 1. The van der Waals surface area contributed by atoms with Crippen molar-refractivity contribution in [2.24, 2.45) is 4.99 Å². The molecule has 1 aliphatic heterocycles. The fourth-order valence-corrected chi connectivity index (χ4v) is 3.60. The Kier molecular flexibility index (Phi) is 6.54. The minimum Gasteiger partial charge on any atom is -0.488 e. The molecule has 1 fully saturated rings. The number of benzene rings is 2. The summed E-state index contributed by atoms with van der Waals surface area (Å²) in [6.45, 7) is 7.60. The lowest BCUT2D eigenvalue weighted by Gasteiger charge is -2.16. The zero-order valence-corrected chi connectivity index (χ0v) is 17.7. The van der Waals surface area contributed by atoms with E-state index in [1.807, 2.05) is 6.07 Å². The van der Waals surface area contributed by atoms with Crippen LogP contribution in [-0.4, -0.2) is 36.8 Å². The number of nitrogens with one attached hydrogen (secondary N) is 3. The second kappa shape index (κ2) is 9.67. The Labute approximate surface area is 177 Å². The van der Waals surface area contributed by atoms with Gasteiger partial charge < -0.3 is 25.1 Å². The van der Waals surface area contributed by atoms with Crippen LogP contribution in [0.25, 0.3) is 10.9 Å². The lowest BCUT2D eigenvalue weighted by atomic mass is 10.1. The van der Waals surface area contributed by atoms with Gasteiger partial charge in [-0.2, -0.15) is 0 Å². The predicted molar refractivity (Wildman–Crippen MR) is 121 cm³/mol. The SMILES string of the molecule is CCNC(=NCc1ccc(C)cc1OC1CCOC1)NCc1cc2ccccc2[nH]1. The molecule has 0 radical (unpaired) electrons. The van der Waals surface area contributed by atoms with E-state index in [0.717, 1.165) is 48.1 Å². The Balaban J connectivity index is 1.44. The fraction of sp³-hybridized carbons (Fsp3) is 0.375. The van der Waals surface area contributed by atoms with Crippen LogP contribution in [-0.2, 0) is 17.8 Å². The van der Waals surface area contributed by atoms with E-state index < -0.39 is 0 Å². The number of hydrogen-bond acceptors (Lipinski definition) is 3. The molecule has 1 unspecified atom stereocenters. The number of nitrogens with zero attached hydrogens (tertiary/aromatic N) is 1. The van der Waals surface area contributed by atoms with Gasteiger partial charge in [0.2, 0.25) is 0 Å². The van der Waals surface area contributed by atoms with Crippen LogP contribution < -0.4 is 15.4 Å². The molecule has 2 heterocycles. The zero-order valence-electron chi connectivity index (χ0n) is 17.7. The van der Waals surface area contributed by atoms with Crippen LogP contribution in [0.2, 0.25) is 0 Å². The first kappa shape index (κ1) is 20.3. The first-order valence-corrected chi connectivity index (χ1v) is 10.6.